The van der Waals surface area contributed by atoms with Crippen LogP contribution < -0.4 is 0 Å². The highest BCUT2D eigenvalue weighted by Gasteiger charge is 2.62. The standard InChI is InChI=1S/C28H28N2OS/c1-20-27(2,3)32-26-24(25(31)30(20)26)29(4)28(21-14-8-5-9-15-21,22-16-10-6-11-17-22)23-18-12-7-13-19-23/h5-19,24,26H,1H2,2-4H3/t24-,26-/m1/s1. The molecule has 2 aliphatic rings. The van der Waals surface area contributed by atoms with E-state index in [-0.39, 0.29) is 22.1 Å². The van der Waals surface area contributed by atoms with E-state index in [9.17, 15) is 4.79 Å². The summed E-state index contributed by atoms with van der Waals surface area (Å²) in [4.78, 5) is 17.7. The molecule has 162 valence electrons. The van der Waals surface area contributed by atoms with Crippen LogP contribution in [0.3, 0.4) is 0 Å². The Hall–Kier alpha value is -2.82. The largest absolute Gasteiger partial charge is 0.299 e. The van der Waals surface area contributed by atoms with E-state index in [1.165, 1.54) is 0 Å². The van der Waals surface area contributed by atoms with Crippen molar-refractivity contribution in [3.63, 3.8) is 0 Å². The second kappa shape index (κ2) is 7.65. The lowest BCUT2D eigenvalue weighted by Gasteiger charge is -2.53. The van der Waals surface area contributed by atoms with Crippen molar-refractivity contribution in [2.24, 2.45) is 0 Å². The van der Waals surface area contributed by atoms with Gasteiger partial charge in [-0.25, -0.2) is 0 Å². The molecule has 3 nitrogen and oxygen atoms in total. The normalized spacial score (nSPS) is 22.1. The maximum atomic E-state index is 13.5. The van der Waals surface area contributed by atoms with Gasteiger partial charge in [-0.3, -0.25) is 14.6 Å². The van der Waals surface area contributed by atoms with Crippen LogP contribution in [0.15, 0.2) is 103 Å². The molecule has 1 amide bonds. The highest BCUT2D eigenvalue weighted by atomic mass is 32.2. The Kier molecular flexibility index (Phi) is 5.03. The van der Waals surface area contributed by atoms with Crippen LogP contribution in [-0.2, 0) is 10.3 Å². The fourth-order valence-electron chi connectivity index (χ4n) is 5.23. The zero-order valence-corrected chi connectivity index (χ0v) is 19.5. The number of hydrogen-bond acceptors (Lipinski definition) is 3. The van der Waals surface area contributed by atoms with Crippen molar-refractivity contribution < 1.29 is 4.79 Å². The second-order valence-corrected chi connectivity index (χ2v) is 10.8. The molecule has 0 bridgehead atoms. The van der Waals surface area contributed by atoms with Crippen molar-refractivity contribution in [3.8, 4) is 0 Å². The van der Waals surface area contributed by atoms with Crippen LogP contribution in [0.4, 0.5) is 0 Å². The Morgan fingerprint density at radius 3 is 1.66 bits per heavy atom. The topological polar surface area (TPSA) is 23.6 Å². The first-order valence-electron chi connectivity index (χ1n) is 11.0. The molecule has 4 heteroatoms. The lowest BCUT2D eigenvalue weighted by Crippen LogP contribution is -2.69. The molecule has 32 heavy (non-hydrogen) atoms. The number of rotatable bonds is 5. The van der Waals surface area contributed by atoms with Gasteiger partial charge < -0.3 is 0 Å². The first-order chi connectivity index (χ1) is 15.4. The number of fused-ring (bicyclic) bond motifs is 1. The van der Waals surface area contributed by atoms with Gasteiger partial charge in [0.1, 0.15) is 11.4 Å². The number of thioether (sulfide) groups is 1. The van der Waals surface area contributed by atoms with E-state index in [0.717, 1.165) is 22.4 Å². The number of benzene rings is 3. The van der Waals surface area contributed by atoms with Crippen molar-refractivity contribution >= 4 is 17.7 Å². The third-order valence-electron chi connectivity index (χ3n) is 6.94. The van der Waals surface area contributed by atoms with E-state index in [1.54, 1.807) is 0 Å². The smallest absolute Gasteiger partial charge is 0.248 e. The second-order valence-electron chi connectivity index (χ2n) is 9.04. The van der Waals surface area contributed by atoms with Crippen molar-refractivity contribution in [2.45, 2.75) is 35.5 Å². The fraction of sp³-hybridized carbons (Fsp3) is 0.250. The van der Waals surface area contributed by atoms with Crippen LogP contribution in [-0.4, -0.2) is 38.9 Å². The number of β-lactam (4-membered cyclic amide) rings is 1. The van der Waals surface area contributed by atoms with Crippen LogP contribution in [0.1, 0.15) is 30.5 Å². The summed E-state index contributed by atoms with van der Waals surface area (Å²) in [6, 6.07) is 31.4. The molecule has 0 saturated carbocycles. The molecule has 0 unspecified atom stereocenters. The molecule has 2 aliphatic heterocycles. The Morgan fingerprint density at radius 1 is 0.844 bits per heavy atom. The molecule has 5 rings (SSSR count). The summed E-state index contributed by atoms with van der Waals surface area (Å²) in [6.45, 7) is 8.54. The number of likely N-dealkylation sites (N-methyl/N-ethyl adjacent to an activating group) is 1. The minimum atomic E-state index is -0.606. The molecule has 2 heterocycles. The number of nitrogens with zero attached hydrogens (tertiary/aromatic N) is 2. The SMILES string of the molecule is C=C1N2C(=O)[C@@H](N(C)C(c3ccccc3)(c3ccccc3)c3ccccc3)[C@H]2SC1(C)C. The van der Waals surface area contributed by atoms with E-state index >= 15 is 0 Å². The molecule has 0 aliphatic carbocycles. The minimum Gasteiger partial charge on any atom is -0.299 e. The molecule has 2 atom stereocenters. The lowest BCUT2D eigenvalue weighted by atomic mass is 9.74. The van der Waals surface area contributed by atoms with E-state index in [2.05, 4.69) is 105 Å². The van der Waals surface area contributed by atoms with Crippen molar-refractivity contribution in [3.05, 3.63) is 120 Å². The predicted octanol–water partition coefficient (Wildman–Crippen LogP) is 5.49. The average molecular weight is 441 g/mol. The molecule has 0 aromatic heterocycles. The van der Waals surface area contributed by atoms with Gasteiger partial charge in [-0.2, -0.15) is 0 Å². The van der Waals surface area contributed by atoms with Gasteiger partial charge in [-0.1, -0.05) is 97.6 Å². The molecular formula is C28H28N2OS. The van der Waals surface area contributed by atoms with Crippen molar-refractivity contribution in [1.29, 1.82) is 0 Å². The fourth-order valence-corrected chi connectivity index (χ4v) is 6.83. The Labute approximate surface area is 194 Å². The highest BCUT2D eigenvalue weighted by molar-refractivity contribution is 8.01. The molecule has 0 N–H and O–H groups in total. The molecule has 0 spiro atoms. The van der Waals surface area contributed by atoms with Crippen LogP contribution in [0.2, 0.25) is 0 Å². The minimum absolute atomic E-state index is 0.0607. The zero-order valence-electron chi connectivity index (χ0n) is 18.7. The maximum absolute atomic E-state index is 13.5. The average Bonchev–Trinajstić information content (AvgIpc) is 3.02. The van der Waals surface area contributed by atoms with Gasteiger partial charge in [0, 0.05) is 5.70 Å². The van der Waals surface area contributed by atoms with Crippen molar-refractivity contribution in [1.82, 2.24) is 9.80 Å². The lowest BCUT2D eigenvalue weighted by molar-refractivity contribution is -0.150. The van der Waals surface area contributed by atoms with E-state index in [1.807, 2.05) is 34.9 Å². The summed E-state index contributed by atoms with van der Waals surface area (Å²) >= 11 is 1.83. The summed E-state index contributed by atoms with van der Waals surface area (Å²) in [6.07, 6.45) is 0. The first kappa shape index (κ1) is 21.0. The molecule has 3 aromatic rings. The Bertz CT molecular complexity index is 1050. The van der Waals surface area contributed by atoms with Gasteiger partial charge in [-0.15, -0.1) is 11.8 Å². The number of amides is 1. The van der Waals surface area contributed by atoms with E-state index < -0.39 is 5.54 Å². The first-order valence-corrected chi connectivity index (χ1v) is 11.9. The third kappa shape index (κ3) is 2.90. The van der Waals surface area contributed by atoms with Crippen LogP contribution in [0.5, 0.6) is 0 Å². The molecule has 0 radical (unpaired) electrons. The van der Waals surface area contributed by atoms with E-state index in [4.69, 9.17) is 0 Å². The Morgan fingerprint density at radius 2 is 1.25 bits per heavy atom. The highest BCUT2D eigenvalue weighted by Crippen LogP contribution is 2.55. The molecule has 2 saturated heterocycles. The van der Waals surface area contributed by atoms with Gasteiger partial charge in [0.05, 0.1) is 10.3 Å². The van der Waals surface area contributed by atoms with Crippen LogP contribution in [0.25, 0.3) is 0 Å². The number of carbonyl (C=O) groups excluding carboxylic acids is 1. The summed E-state index contributed by atoms with van der Waals surface area (Å²) in [7, 11) is 2.10. The maximum Gasteiger partial charge on any atom is 0.248 e. The Balaban J connectivity index is 1.72. The molecule has 2 fully saturated rings. The van der Waals surface area contributed by atoms with Gasteiger partial charge in [0.15, 0.2) is 0 Å². The molecular weight excluding hydrogens is 412 g/mol. The van der Waals surface area contributed by atoms with Crippen LogP contribution in [0, 0.1) is 0 Å². The quantitative estimate of drug-likeness (QED) is 0.387. The van der Waals surface area contributed by atoms with E-state index in [0.29, 0.717) is 0 Å². The predicted molar refractivity (Wildman–Crippen MR) is 132 cm³/mol. The third-order valence-corrected chi connectivity index (χ3v) is 8.47. The summed E-state index contributed by atoms with van der Waals surface area (Å²) in [5, 5.41) is 0.0607. The van der Waals surface area contributed by atoms with Gasteiger partial charge in [0.2, 0.25) is 5.91 Å². The summed E-state index contributed by atoms with van der Waals surface area (Å²) < 4.78 is -0.148. The molecule has 3 aromatic carbocycles. The van der Waals surface area contributed by atoms with Crippen LogP contribution >= 0.6 is 11.8 Å². The van der Waals surface area contributed by atoms with Gasteiger partial charge >= 0.3 is 0 Å². The van der Waals surface area contributed by atoms with Crippen molar-refractivity contribution in [2.75, 3.05) is 7.05 Å². The summed E-state index contributed by atoms with van der Waals surface area (Å²) in [5.74, 6) is 0.132. The monoisotopic (exact) mass is 440 g/mol. The van der Waals surface area contributed by atoms with Gasteiger partial charge in [0.25, 0.3) is 0 Å². The summed E-state index contributed by atoms with van der Waals surface area (Å²) in [5.41, 5.74) is 3.74. The number of hydrogen-bond donors (Lipinski definition) is 0. The zero-order chi connectivity index (χ0) is 22.5. The van der Waals surface area contributed by atoms with Gasteiger partial charge in [-0.05, 0) is 37.6 Å². The number of carbonyl (C=O) groups is 1.